The molecule has 1 saturated heterocycles. The molecule has 22 heavy (non-hydrogen) atoms. The molecule has 1 heterocycles. The van der Waals surface area contributed by atoms with Gasteiger partial charge in [-0.15, -0.1) is 0 Å². The largest absolute Gasteiger partial charge is 0.416 e. The SMILES string of the molecule is FC(F)(F)c1cc(CO[C@H]2CNCCO2)cc(C(F)(F)F)c1. The Balaban J connectivity index is 2.18. The normalized spacial score (nSPS) is 20.2. The van der Waals surface area contributed by atoms with Crippen LogP contribution in [-0.2, 0) is 28.4 Å². The average molecular weight is 329 g/mol. The highest BCUT2D eigenvalue weighted by Crippen LogP contribution is 2.36. The second kappa shape index (κ2) is 6.43. The van der Waals surface area contributed by atoms with Gasteiger partial charge < -0.3 is 14.8 Å². The summed E-state index contributed by atoms with van der Waals surface area (Å²) in [5.74, 6) is 0. The van der Waals surface area contributed by atoms with E-state index in [0.29, 0.717) is 31.8 Å². The Morgan fingerprint density at radius 3 is 2.09 bits per heavy atom. The zero-order chi connectivity index (χ0) is 16.4. The molecule has 3 nitrogen and oxygen atoms in total. The van der Waals surface area contributed by atoms with Crippen molar-refractivity contribution >= 4 is 0 Å². The number of morpholine rings is 1. The number of rotatable bonds is 3. The van der Waals surface area contributed by atoms with Crippen LogP contribution in [0.15, 0.2) is 18.2 Å². The summed E-state index contributed by atoms with van der Waals surface area (Å²) in [6.45, 7) is 0.896. The summed E-state index contributed by atoms with van der Waals surface area (Å²) < 4.78 is 86.5. The predicted octanol–water partition coefficient (Wildman–Crippen LogP) is 3.19. The van der Waals surface area contributed by atoms with Gasteiger partial charge >= 0.3 is 12.4 Å². The molecule has 0 unspecified atom stereocenters. The van der Waals surface area contributed by atoms with Crippen LogP contribution in [0.1, 0.15) is 16.7 Å². The van der Waals surface area contributed by atoms with Crippen LogP contribution < -0.4 is 5.32 Å². The van der Waals surface area contributed by atoms with Crippen LogP contribution >= 0.6 is 0 Å². The third kappa shape index (κ3) is 4.59. The summed E-state index contributed by atoms with van der Waals surface area (Å²) in [5, 5.41) is 2.93. The highest BCUT2D eigenvalue weighted by Gasteiger charge is 2.36. The molecule has 0 aliphatic carbocycles. The molecule has 0 bridgehead atoms. The highest BCUT2D eigenvalue weighted by atomic mass is 19.4. The molecule has 0 radical (unpaired) electrons. The van der Waals surface area contributed by atoms with Gasteiger partial charge in [0.15, 0.2) is 6.29 Å². The maximum Gasteiger partial charge on any atom is 0.416 e. The minimum absolute atomic E-state index is 0.0855. The molecule has 0 spiro atoms. The van der Waals surface area contributed by atoms with Gasteiger partial charge in [-0.1, -0.05) is 0 Å². The zero-order valence-corrected chi connectivity index (χ0v) is 11.2. The molecule has 9 heteroatoms. The number of hydrogen-bond acceptors (Lipinski definition) is 3. The standard InChI is InChI=1S/C13H13F6NO2/c14-12(15,16)9-3-8(4-10(5-9)13(17,18)19)7-22-11-6-20-1-2-21-11/h3-5,11,20H,1-2,6-7H2/t11-/m0/s1. The third-order valence-corrected chi connectivity index (χ3v) is 2.98. The molecule has 124 valence electrons. The van der Waals surface area contributed by atoms with E-state index in [0.717, 1.165) is 0 Å². The van der Waals surface area contributed by atoms with E-state index in [9.17, 15) is 26.3 Å². The molecule has 1 aromatic rings. The molecular weight excluding hydrogens is 316 g/mol. The predicted molar refractivity (Wildman–Crippen MR) is 63.8 cm³/mol. The van der Waals surface area contributed by atoms with Crippen molar-refractivity contribution in [2.75, 3.05) is 19.7 Å². The van der Waals surface area contributed by atoms with Gasteiger partial charge in [-0.05, 0) is 23.8 Å². The van der Waals surface area contributed by atoms with Crippen LogP contribution in [0, 0.1) is 0 Å². The summed E-state index contributed by atoms with van der Waals surface area (Å²) in [7, 11) is 0. The third-order valence-electron chi connectivity index (χ3n) is 2.98. The summed E-state index contributed by atoms with van der Waals surface area (Å²) in [6, 6.07) is 1.37. The Morgan fingerprint density at radius 1 is 1.05 bits per heavy atom. The number of ether oxygens (including phenoxy) is 2. The van der Waals surface area contributed by atoms with Crippen molar-refractivity contribution in [3.8, 4) is 0 Å². The Labute approximate surface area is 122 Å². The van der Waals surface area contributed by atoms with E-state index in [1.807, 2.05) is 0 Å². The Kier molecular flexibility index (Phi) is 4.98. The van der Waals surface area contributed by atoms with Crippen LogP contribution in [0.25, 0.3) is 0 Å². The first kappa shape index (κ1) is 17.0. The molecule has 0 amide bonds. The number of halogens is 6. The topological polar surface area (TPSA) is 30.5 Å². The van der Waals surface area contributed by atoms with Gasteiger partial charge in [-0.25, -0.2) is 0 Å². The first-order valence-electron chi connectivity index (χ1n) is 6.38. The van der Waals surface area contributed by atoms with Crippen LogP contribution in [0.2, 0.25) is 0 Å². The summed E-state index contributed by atoms with van der Waals surface area (Å²) >= 11 is 0. The van der Waals surface area contributed by atoms with Gasteiger partial charge in [0.1, 0.15) is 0 Å². The van der Waals surface area contributed by atoms with Crippen molar-refractivity contribution in [3.05, 3.63) is 34.9 Å². The number of nitrogens with one attached hydrogen (secondary N) is 1. The lowest BCUT2D eigenvalue weighted by atomic mass is 10.1. The molecule has 1 aromatic carbocycles. The first-order chi connectivity index (χ1) is 10.2. The maximum atomic E-state index is 12.7. The lowest BCUT2D eigenvalue weighted by Crippen LogP contribution is -2.39. The minimum Gasteiger partial charge on any atom is -0.350 e. The quantitative estimate of drug-likeness (QED) is 0.864. The van der Waals surface area contributed by atoms with Gasteiger partial charge in [-0.2, -0.15) is 26.3 Å². The Morgan fingerprint density at radius 2 is 1.64 bits per heavy atom. The van der Waals surface area contributed by atoms with E-state index in [1.54, 1.807) is 0 Å². The fourth-order valence-corrected chi connectivity index (χ4v) is 1.94. The van der Waals surface area contributed by atoms with Gasteiger partial charge in [0, 0.05) is 13.1 Å². The van der Waals surface area contributed by atoms with E-state index in [4.69, 9.17) is 9.47 Å². The highest BCUT2D eigenvalue weighted by molar-refractivity contribution is 5.33. The lowest BCUT2D eigenvalue weighted by molar-refractivity contribution is -0.160. The van der Waals surface area contributed by atoms with E-state index >= 15 is 0 Å². The summed E-state index contributed by atoms with van der Waals surface area (Å²) in [5.41, 5.74) is -2.93. The van der Waals surface area contributed by atoms with Crippen molar-refractivity contribution in [3.63, 3.8) is 0 Å². The van der Waals surface area contributed by atoms with Crippen LogP contribution in [-0.4, -0.2) is 26.0 Å². The first-order valence-corrected chi connectivity index (χ1v) is 6.38. The second-order valence-electron chi connectivity index (χ2n) is 4.73. The summed E-state index contributed by atoms with van der Waals surface area (Å²) in [6.07, 6.45) is -10.4. The van der Waals surface area contributed by atoms with Gasteiger partial charge in [0.25, 0.3) is 0 Å². The molecule has 0 aromatic heterocycles. The van der Waals surface area contributed by atoms with Crippen molar-refractivity contribution in [1.82, 2.24) is 5.32 Å². The van der Waals surface area contributed by atoms with Gasteiger partial charge in [0.05, 0.1) is 24.3 Å². The van der Waals surface area contributed by atoms with Gasteiger partial charge in [-0.3, -0.25) is 0 Å². The van der Waals surface area contributed by atoms with Crippen LogP contribution in [0.4, 0.5) is 26.3 Å². The molecule has 1 aliphatic heterocycles. The number of alkyl halides is 6. The van der Waals surface area contributed by atoms with E-state index in [2.05, 4.69) is 5.32 Å². The summed E-state index contributed by atoms with van der Waals surface area (Å²) in [4.78, 5) is 0. The molecule has 1 N–H and O–H groups in total. The fraction of sp³-hybridized carbons (Fsp3) is 0.538. The molecule has 0 saturated carbocycles. The van der Waals surface area contributed by atoms with Crippen molar-refractivity contribution < 1.29 is 35.8 Å². The second-order valence-corrected chi connectivity index (χ2v) is 4.73. The van der Waals surface area contributed by atoms with Crippen molar-refractivity contribution in [2.24, 2.45) is 0 Å². The molecule has 1 fully saturated rings. The van der Waals surface area contributed by atoms with Crippen molar-refractivity contribution in [1.29, 1.82) is 0 Å². The van der Waals surface area contributed by atoms with Gasteiger partial charge in [0.2, 0.25) is 0 Å². The smallest absolute Gasteiger partial charge is 0.350 e. The lowest BCUT2D eigenvalue weighted by Gasteiger charge is -2.24. The van der Waals surface area contributed by atoms with Crippen LogP contribution in [0.3, 0.4) is 0 Å². The van der Waals surface area contributed by atoms with E-state index in [1.165, 1.54) is 0 Å². The molecule has 2 rings (SSSR count). The monoisotopic (exact) mass is 329 g/mol. The van der Waals surface area contributed by atoms with E-state index < -0.39 is 36.4 Å². The average Bonchev–Trinajstić information content (AvgIpc) is 2.44. The fourth-order valence-electron chi connectivity index (χ4n) is 1.94. The van der Waals surface area contributed by atoms with Crippen LogP contribution in [0.5, 0.6) is 0 Å². The Hall–Kier alpha value is -1.32. The number of hydrogen-bond donors (Lipinski definition) is 1. The molecule has 1 atom stereocenters. The molecular formula is C13H13F6NO2. The van der Waals surface area contributed by atoms with E-state index in [-0.39, 0.29) is 11.6 Å². The molecule has 1 aliphatic rings. The zero-order valence-electron chi connectivity index (χ0n) is 11.2. The van der Waals surface area contributed by atoms with Crippen molar-refractivity contribution in [2.45, 2.75) is 25.2 Å². The maximum absolute atomic E-state index is 12.7. The number of benzene rings is 1. The minimum atomic E-state index is -4.86. The Bertz CT molecular complexity index is 476.